The van der Waals surface area contributed by atoms with Crippen LogP contribution in [0, 0.1) is 0 Å². The Morgan fingerprint density at radius 1 is 1.02 bits per heavy atom. The van der Waals surface area contributed by atoms with Gasteiger partial charge in [0, 0.05) is 68.9 Å². The SMILES string of the molecule is COCCCn1c([C@@H]2CCCN(C(=O)C[C@@H](Cc3ccc(C(=O)NC4CCCCC4)cc3)N(C(=O)O)C(C)(C)C)C2)nc2ccccc21. The lowest BCUT2D eigenvalue weighted by molar-refractivity contribution is -0.134. The lowest BCUT2D eigenvalue weighted by Crippen LogP contribution is -2.54. The summed E-state index contributed by atoms with van der Waals surface area (Å²) in [6.07, 6.45) is 7.60. The van der Waals surface area contributed by atoms with Crippen LogP contribution in [0.4, 0.5) is 4.79 Å². The minimum absolute atomic E-state index is 0.0503. The molecule has 0 spiro atoms. The lowest BCUT2D eigenvalue weighted by atomic mass is 9.93. The van der Waals surface area contributed by atoms with Crippen LogP contribution in [0.1, 0.15) is 106 Å². The number of benzene rings is 2. The highest BCUT2D eigenvalue weighted by atomic mass is 16.5. The molecule has 2 heterocycles. The van der Waals surface area contributed by atoms with Gasteiger partial charge in [-0.2, -0.15) is 0 Å². The first kappa shape index (κ1) is 35.4. The first-order valence-corrected chi connectivity index (χ1v) is 17.7. The molecule has 10 nitrogen and oxygen atoms in total. The van der Waals surface area contributed by atoms with Gasteiger partial charge in [0.1, 0.15) is 5.82 Å². The summed E-state index contributed by atoms with van der Waals surface area (Å²) in [7, 11) is 1.71. The van der Waals surface area contributed by atoms with Crippen molar-refractivity contribution in [1.82, 2.24) is 24.7 Å². The maximum atomic E-state index is 14.0. The van der Waals surface area contributed by atoms with Crippen molar-refractivity contribution in [3.63, 3.8) is 0 Å². The summed E-state index contributed by atoms with van der Waals surface area (Å²) < 4.78 is 7.60. The smallest absolute Gasteiger partial charge is 0.408 e. The molecule has 1 aliphatic carbocycles. The number of fused-ring (bicyclic) bond motifs is 1. The largest absolute Gasteiger partial charge is 0.465 e. The minimum Gasteiger partial charge on any atom is -0.465 e. The Balaban J connectivity index is 1.31. The van der Waals surface area contributed by atoms with Gasteiger partial charge in [0.2, 0.25) is 5.91 Å². The molecule has 0 radical (unpaired) electrons. The van der Waals surface area contributed by atoms with Crippen molar-refractivity contribution in [2.24, 2.45) is 0 Å². The normalized spacial score (nSPS) is 18.1. The zero-order valence-corrected chi connectivity index (χ0v) is 29.1. The summed E-state index contributed by atoms with van der Waals surface area (Å²) in [6.45, 7) is 8.22. The van der Waals surface area contributed by atoms with E-state index in [1.807, 2.05) is 68.1 Å². The molecular formula is C38H53N5O5. The quantitative estimate of drug-likeness (QED) is 0.211. The predicted octanol–water partition coefficient (Wildman–Crippen LogP) is 6.62. The number of likely N-dealkylation sites (tertiary alicyclic amines) is 1. The van der Waals surface area contributed by atoms with Crippen molar-refractivity contribution >= 4 is 28.9 Å². The lowest BCUT2D eigenvalue weighted by Gasteiger charge is -2.41. The number of carboxylic acid groups (broad SMARTS) is 1. The van der Waals surface area contributed by atoms with Gasteiger partial charge in [-0.3, -0.25) is 14.5 Å². The Hall–Kier alpha value is -3.92. The molecule has 260 valence electrons. The molecule has 3 amide bonds. The highest BCUT2D eigenvalue weighted by Gasteiger charge is 2.37. The molecule has 0 bridgehead atoms. The van der Waals surface area contributed by atoms with E-state index in [2.05, 4.69) is 16.0 Å². The number of para-hydroxylation sites is 2. The number of ether oxygens (including phenoxy) is 1. The number of carbonyl (C=O) groups is 3. The Morgan fingerprint density at radius 2 is 1.75 bits per heavy atom. The number of carbonyl (C=O) groups excluding carboxylic acids is 2. The third-order valence-electron chi connectivity index (χ3n) is 9.89. The number of nitrogens with one attached hydrogen (secondary N) is 1. The second-order valence-electron chi connectivity index (χ2n) is 14.5. The molecule has 1 aliphatic heterocycles. The van der Waals surface area contributed by atoms with E-state index in [-0.39, 0.29) is 30.2 Å². The van der Waals surface area contributed by atoms with Crippen LogP contribution >= 0.6 is 0 Å². The molecule has 10 heteroatoms. The Morgan fingerprint density at radius 3 is 2.44 bits per heavy atom. The van der Waals surface area contributed by atoms with Crippen LogP contribution in [0.5, 0.6) is 0 Å². The second kappa shape index (κ2) is 16.0. The molecule has 2 fully saturated rings. The van der Waals surface area contributed by atoms with Crippen molar-refractivity contribution in [3.05, 3.63) is 65.5 Å². The molecule has 1 saturated heterocycles. The topological polar surface area (TPSA) is 117 Å². The summed E-state index contributed by atoms with van der Waals surface area (Å²) in [5.41, 5.74) is 2.81. The maximum absolute atomic E-state index is 14.0. The van der Waals surface area contributed by atoms with Gasteiger partial charge in [-0.1, -0.05) is 43.5 Å². The van der Waals surface area contributed by atoms with Gasteiger partial charge in [0.15, 0.2) is 0 Å². The Bertz CT molecular complexity index is 1540. The third-order valence-corrected chi connectivity index (χ3v) is 9.89. The molecule has 3 aromatic rings. The fourth-order valence-corrected chi connectivity index (χ4v) is 7.58. The van der Waals surface area contributed by atoms with Crippen LogP contribution in [0.2, 0.25) is 0 Å². The number of nitrogens with zero attached hydrogens (tertiary/aromatic N) is 4. The average Bonchev–Trinajstić information content (AvgIpc) is 3.43. The molecular weight excluding hydrogens is 606 g/mol. The van der Waals surface area contributed by atoms with Crippen molar-refractivity contribution in [2.45, 2.75) is 115 Å². The average molecular weight is 660 g/mol. The van der Waals surface area contributed by atoms with Crippen LogP contribution < -0.4 is 5.32 Å². The van der Waals surface area contributed by atoms with Crippen molar-refractivity contribution < 1.29 is 24.2 Å². The summed E-state index contributed by atoms with van der Waals surface area (Å²) in [5, 5.41) is 13.5. The second-order valence-corrected chi connectivity index (χ2v) is 14.5. The van der Waals surface area contributed by atoms with E-state index in [1.54, 1.807) is 7.11 Å². The van der Waals surface area contributed by atoms with Crippen molar-refractivity contribution in [3.8, 4) is 0 Å². The monoisotopic (exact) mass is 659 g/mol. The molecule has 2 aromatic carbocycles. The number of aryl methyl sites for hydroxylation is 1. The fraction of sp³-hybridized carbons (Fsp3) is 0.579. The Labute approximate surface area is 284 Å². The molecule has 1 aromatic heterocycles. The van der Waals surface area contributed by atoms with Crippen LogP contribution in [0.15, 0.2) is 48.5 Å². The zero-order valence-electron chi connectivity index (χ0n) is 29.1. The highest BCUT2D eigenvalue weighted by molar-refractivity contribution is 5.94. The van der Waals surface area contributed by atoms with E-state index in [0.717, 1.165) is 73.9 Å². The molecule has 5 rings (SSSR count). The van der Waals surface area contributed by atoms with Gasteiger partial charge < -0.3 is 24.6 Å². The molecule has 2 N–H and O–H groups in total. The molecule has 2 aliphatic rings. The van der Waals surface area contributed by atoms with E-state index >= 15 is 0 Å². The number of amides is 3. The van der Waals surface area contributed by atoms with E-state index < -0.39 is 17.7 Å². The third kappa shape index (κ3) is 8.75. The van der Waals surface area contributed by atoms with E-state index in [0.29, 0.717) is 31.7 Å². The van der Waals surface area contributed by atoms with Gasteiger partial charge >= 0.3 is 6.09 Å². The van der Waals surface area contributed by atoms with E-state index in [1.165, 1.54) is 11.3 Å². The van der Waals surface area contributed by atoms with Crippen LogP contribution in [-0.2, 0) is 22.5 Å². The number of methoxy groups -OCH3 is 1. The van der Waals surface area contributed by atoms with Gasteiger partial charge in [-0.05, 0) is 89.1 Å². The summed E-state index contributed by atoms with van der Waals surface area (Å²) >= 11 is 0. The van der Waals surface area contributed by atoms with Gasteiger partial charge in [0.25, 0.3) is 5.91 Å². The van der Waals surface area contributed by atoms with E-state index in [9.17, 15) is 19.5 Å². The standard InChI is InChI=1S/C38H53N5O5/c1-38(2,3)43(37(46)47)31(24-27-17-19-28(20-18-27)36(45)39-30-13-6-5-7-14-30)25-34(44)41-21-10-12-29(26-41)35-40-32-15-8-9-16-33(32)42(35)22-11-23-48-4/h8-9,15-20,29-31H,5-7,10-14,21-26H2,1-4H3,(H,39,45)(H,46,47)/t29-,31-/m1/s1. The van der Waals surface area contributed by atoms with Crippen LogP contribution in [-0.4, -0.2) is 86.8 Å². The highest BCUT2D eigenvalue weighted by Crippen LogP contribution is 2.31. The van der Waals surface area contributed by atoms with E-state index in [4.69, 9.17) is 9.72 Å². The number of piperidine rings is 1. The van der Waals surface area contributed by atoms with Gasteiger partial charge in [-0.25, -0.2) is 9.78 Å². The number of hydrogen-bond donors (Lipinski definition) is 2. The molecule has 0 unspecified atom stereocenters. The maximum Gasteiger partial charge on any atom is 0.408 e. The molecule has 1 saturated carbocycles. The van der Waals surface area contributed by atoms with Crippen molar-refractivity contribution in [1.29, 1.82) is 0 Å². The first-order valence-electron chi connectivity index (χ1n) is 17.7. The minimum atomic E-state index is -1.05. The summed E-state index contributed by atoms with van der Waals surface area (Å²) in [6, 6.07) is 15.2. The summed E-state index contributed by atoms with van der Waals surface area (Å²) in [4.78, 5) is 48.0. The molecule has 48 heavy (non-hydrogen) atoms. The number of aromatic nitrogens is 2. The number of rotatable bonds is 12. The van der Waals surface area contributed by atoms with Crippen LogP contribution in [0.3, 0.4) is 0 Å². The fourth-order valence-electron chi connectivity index (χ4n) is 7.58. The first-order chi connectivity index (χ1) is 23.0. The van der Waals surface area contributed by atoms with Gasteiger partial charge in [-0.15, -0.1) is 0 Å². The zero-order chi connectivity index (χ0) is 34.3. The van der Waals surface area contributed by atoms with Crippen LogP contribution in [0.25, 0.3) is 11.0 Å². The Kier molecular flexibility index (Phi) is 11.8. The number of hydrogen-bond acceptors (Lipinski definition) is 5. The van der Waals surface area contributed by atoms with Crippen molar-refractivity contribution in [2.75, 3.05) is 26.8 Å². The predicted molar refractivity (Wildman–Crippen MR) is 187 cm³/mol. The number of imidazole rings is 1. The molecule has 2 atom stereocenters. The van der Waals surface area contributed by atoms with Gasteiger partial charge in [0.05, 0.1) is 11.0 Å². The summed E-state index contributed by atoms with van der Waals surface area (Å²) in [5.74, 6) is 0.956.